The molecule has 4 bridgehead atoms. The smallest absolute Gasteiger partial charge is 0.330 e. The third-order valence-corrected chi connectivity index (χ3v) is 6.49. The summed E-state index contributed by atoms with van der Waals surface area (Å²) in [5.74, 6) is 2.45. The minimum absolute atomic E-state index is 0.0105. The number of carbonyl (C=O) groups excluding carboxylic acids is 1. The third kappa shape index (κ3) is 2.43. The van der Waals surface area contributed by atoms with Crippen LogP contribution in [-0.2, 0) is 30.2 Å². The van der Waals surface area contributed by atoms with E-state index in [4.69, 9.17) is 4.74 Å². The van der Waals surface area contributed by atoms with E-state index in [0.29, 0.717) is 17.5 Å². The van der Waals surface area contributed by atoms with Gasteiger partial charge in [0.25, 0.3) is 5.56 Å². The van der Waals surface area contributed by atoms with E-state index in [1.165, 1.54) is 24.1 Å². The highest BCUT2D eigenvalue weighted by Gasteiger charge is 2.51. The van der Waals surface area contributed by atoms with E-state index in [1.54, 1.807) is 7.05 Å². The number of esters is 1. The number of ether oxygens (including phenoxy) is 1. The first kappa shape index (κ1) is 15.7. The summed E-state index contributed by atoms with van der Waals surface area (Å²) in [6.07, 6.45) is 6.01. The second-order valence-electron chi connectivity index (χ2n) is 7.94. The number of hydrogen-bond acceptors (Lipinski definition) is 4. The minimum atomic E-state index is -0.400. The molecule has 1 aromatic rings. The van der Waals surface area contributed by atoms with Crippen molar-refractivity contribution < 1.29 is 9.53 Å². The standard InChI is InChI=1S/C18H24N2O4/c1-19-14(8-15(21)20(2)18(19)23)9-24-17(22)16-12-4-10-3-11(6-12)7-13(16)5-10/h8,10-13,16H,3-7,9H2,1-2H3. The molecule has 0 aromatic carbocycles. The predicted molar refractivity (Wildman–Crippen MR) is 87.3 cm³/mol. The molecule has 0 saturated heterocycles. The maximum atomic E-state index is 12.7. The number of nitrogens with zero attached hydrogens (tertiary/aromatic N) is 2. The molecular formula is C18H24N2O4. The Balaban J connectivity index is 1.48. The molecule has 0 spiro atoms. The van der Waals surface area contributed by atoms with Gasteiger partial charge in [-0.15, -0.1) is 0 Å². The van der Waals surface area contributed by atoms with Crippen molar-refractivity contribution in [3.63, 3.8) is 0 Å². The van der Waals surface area contributed by atoms with Crippen LogP contribution in [0.2, 0.25) is 0 Å². The predicted octanol–water partition coefficient (Wildman–Crippen LogP) is 1.20. The van der Waals surface area contributed by atoms with Gasteiger partial charge in [0.2, 0.25) is 0 Å². The van der Waals surface area contributed by atoms with E-state index in [2.05, 4.69) is 0 Å². The fourth-order valence-corrected chi connectivity index (χ4v) is 5.47. The fraction of sp³-hybridized carbons (Fsp3) is 0.722. The Morgan fingerprint density at radius 3 is 2.21 bits per heavy atom. The second-order valence-corrected chi connectivity index (χ2v) is 7.94. The lowest BCUT2D eigenvalue weighted by molar-refractivity contribution is -0.164. The van der Waals surface area contributed by atoms with Crippen molar-refractivity contribution in [1.82, 2.24) is 9.13 Å². The minimum Gasteiger partial charge on any atom is -0.459 e. The van der Waals surface area contributed by atoms with Crippen LogP contribution in [0.15, 0.2) is 15.7 Å². The van der Waals surface area contributed by atoms with Gasteiger partial charge in [0.1, 0.15) is 6.61 Å². The molecule has 0 atom stereocenters. The topological polar surface area (TPSA) is 70.3 Å². The molecule has 1 aromatic heterocycles. The van der Waals surface area contributed by atoms with Crippen molar-refractivity contribution in [3.05, 3.63) is 32.6 Å². The van der Waals surface area contributed by atoms with Gasteiger partial charge >= 0.3 is 11.7 Å². The lowest BCUT2D eigenvalue weighted by atomic mass is 9.52. The van der Waals surface area contributed by atoms with Crippen LogP contribution < -0.4 is 11.2 Å². The first-order valence-electron chi connectivity index (χ1n) is 8.86. The van der Waals surface area contributed by atoms with Gasteiger partial charge in [0, 0.05) is 20.2 Å². The monoisotopic (exact) mass is 332 g/mol. The first-order valence-corrected chi connectivity index (χ1v) is 8.86. The summed E-state index contributed by atoms with van der Waals surface area (Å²) < 4.78 is 7.95. The van der Waals surface area contributed by atoms with E-state index in [0.717, 1.165) is 42.1 Å². The van der Waals surface area contributed by atoms with Crippen LogP contribution in [-0.4, -0.2) is 15.1 Å². The fourth-order valence-electron chi connectivity index (χ4n) is 5.47. The zero-order valence-corrected chi connectivity index (χ0v) is 14.2. The summed E-state index contributed by atoms with van der Waals surface area (Å²) in [5, 5.41) is 0. The highest BCUT2D eigenvalue weighted by Crippen LogP contribution is 2.56. The van der Waals surface area contributed by atoms with Crippen LogP contribution >= 0.6 is 0 Å². The number of aromatic nitrogens is 2. The van der Waals surface area contributed by atoms with Gasteiger partial charge in [-0.1, -0.05) is 0 Å². The SMILES string of the molecule is Cn1c(COC(=O)C2C3CC4CC(C3)CC2C4)cc(=O)n(C)c1=O. The molecule has 0 aliphatic heterocycles. The van der Waals surface area contributed by atoms with Crippen LogP contribution in [0.1, 0.15) is 37.8 Å². The van der Waals surface area contributed by atoms with Gasteiger partial charge in [-0.05, 0) is 55.8 Å². The molecule has 6 heteroatoms. The summed E-state index contributed by atoms with van der Waals surface area (Å²) in [4.78, 5) is 36.4. The normalized spacial score (nSPS) is 33.7. The molecule has 24 heavy (non-hydrogen) atoms. The average Bonchev–Trinajstić information content (AvgIpc) is 2.54. The molecule has 5 rings (SSSR count). The molecule has 0 unspecified atom stereocenters. The molecule has 4 aliphatic rings. The van der Waals surface area contributed by atoms with Gasteiger partial charge in [-0.25, -0.2) is 4.79 Å². The van der Waals surface area contributed by atoms with Crippen LogP contribution in [0.5, 0.6) is 0 Å². The van der Waals surface area contributed by atoms with Crippen LogP contribution in [0.4, 0.5) is 0 Å². The number of hydrogen-bond donors (Lipinski definition) is 0. The zero-order chi connectivity index (χ0) is 17.0. The van der Waals surface area contributed by atoms with E-state index in [9.17, 15) is 14.4 Å². The summed E-state index contributed by atoms with van der Waals surface area (Å²) >= 11 is 0. The molecular weight excluding hydrogens is 308 g/mol. The van der Waals surface area contributed by atoms with Crippen molar-refractivity contribution in [2.45, 2.75) is 38.7 Å². The summed E-state index contributed by atoms with van der Waals surface area (Å²) in [5.41, 5.74) is -0.331. The summed E-state index contributed by atoms with van der Waals surface area (Å²) in [6.45, 7) is -0.0105. The van der Waals surface area contributed by atoms with Crippen LogP contribution in [0.25, 0.3) is 0 Å². The maximum absolute atomic E-state index is 12.7. The largest absolute Gasteiger partial charge is 0.459 e. The van der Waals surface area contributed by atoms with Gasteiger partial charge in [0.05, 0.1) is 11.6 Å². The molecule has 0 N–H and O–H groups in total. The lowest BCUT2D eigenvalue weighted by Crippen LogP contribution is -2.48. The third-order valence-electron chi connectivity index (χ3n) is 6.49. The van der Waals surface area contributed by atoms with Gasteiger partial charge < -0.3 is 4.74 Å². The molecule has 130 valence electrons. The Morgan fingerprint density at radius 1 is 1.04 bits per heavy atom. The Hall–Kier alpha value is -1.85. The molecule has 0 amide bonds. The molecule has 4 aliphatic carbocycles. The van der Waals surface area contributed by atoms with E-state index < -0.39 is 5.69 Å². The second kappa shape index (κ2) is 5.60. The van der Waals surface area contributed by atoms with Crippen molar-refractivity contribution >= 4 is 5.97 Å². The molecule has 0 radical (unpaired) electrons. The molecule has 4 saturated carbocycles. The van der Waals surface area contributed by atoms with E-state index >= 15 is 0 Å². The Bertz CT molecular complexity index is 763. The van der Waals surface area contributed by atoms with Crippen molar-refractivity contribution in [2.75, 3.05) is 0 Å². The number of rotatable bonds is 3. The quantitative estimate of drug-likeness (QED) is 0.780. The highest BCUT2D eigenvalue weighted by molar-refractivity contribution is 5.73. The van der Waals surface area contributed by atoms with Crippen LogP contribution in [0, 0.1) is 29.6 Å². The van der Waals surface area contributed by atoms with Gasteiger partial charge in [0.15, 0.2) is 0 Å². The van der Waals surface area contributed by atoms with Gasteiger partial charge in [-0.2, -0.15) is 0 Å². The number of carbonyl (C=O) groups is 1. The summed E-state index contributed by atoms with van der Waals surface area (Å²) in [7, 11) is 3.03. The zero-order valence-electron chi connectivity index (χ0n) is 14.2. The summed E-state index contributed by atoms with van der Waals surface area (Å²) in [6, 6.07) is 1.37. The molecule has 6 nitrogen and oxygen atoms in total. The van der Waals surface area contributed by atoms with E-state index in [1.807, 2.05) is 0 Å². The van der Waals surface area contributed by atoms with Crippen molar-refractivity contribution in [3.8, 4) is 0 Å². The van der Waals surface area contributed by atoms with Crippen LogP contribution in [0.3, 0.4) is 0 Å². The Labute approximate surface area is 140 Å². The van der Waals surface area contributed by atoms with E-state index in [-0.39, 0.29) is 24.1 Å². The van der Waals surface area contributed by atoms with Crippen molar-refractivity contribution in [2.24, 2.45) is 43.7 Å². The lowest BCUT2D eigenvalue weighted by Gasteiger charge is -2.53. The Kier molecular flexibility index (Phi) is 3.66. The molecule has 1 heterocycles. The average molecular weight is 332 g/mol. The Morgan fingerprint density at radius 2 is 1.62 bits per heavy atom. The maximum Gasteiger partial charge on any atom is 0.330 e. The van der Waals surface area contributed by atoms with Crippen molar-refractivity contribution in [1.29, 1.82) is 0 Å². The van der Waals surface area contributed by atoms with Gasteiger partial charge in [-0.3, -0.25) is 18.7 Å². The highest BCUT2D eigenvalue weighted by atomic mass is 16.5. The first-order chi connectivity index (χ1) is 11.4. The molecule has 4 fully saturated rings.